The average Bonchev–Trinajstić information content (AvgIpc) is 0.722. The van der Waals surface area contributed by atoms with Gasteiger partial charge in [-0.15, -0.1) is 0 Å². The van der Waals surface area contributed by atoms with Crippen molar-refractivity contribution >= 4 is 98.3 Å². The van der Waals surface area contributed by atoms with Crippen molar-refractivity contribution in [2.75, 3.05) is 0 Å². The van der Waals surface area contributed by atoms with Crippen molar-refractivity contribution in [1.29, 1.82) is 0 Å². The maximum absolute atomic E-state index is 8.58. The van der Waals surface area contributed by atoms with Gasteiger partial charge in [0.15, 0.2) is 0 Å². The van der Waals surface area contributed by atoms with Crippen molar-refractivity contribution in [2.45, 2.75) is 0 Å². The first kappa shape index (κ1) is 22.4. The minimum absolute atomic E-state index is 0. The van der Waals surface area contributed by atoms with E-state index in [0.717, 1.165) is 0 Å². The molecule has 0 aromatic heterocycles. The quantitative estimate of drug-likeness (QED) is 0.413. The Morgan fingerprint density at radius 1 is 0.875 bits per heavy atom. The van der Waals surface area contributed by atoms with Gasteiger partial charge in [-0.05, 0) is 0 Å². The molecule has 0 unspecified atom stereocenters. The summed E-state index contributed by atoms with van der Waals surface area (Å²) < 4.78 is 0. The molecular formula is AlBaMgO4Si+3. The molecule has 0 saturated heterocycles. The van der Waals surface area contributed by atoms with Crippen molar-refractivity contribution in [2.24, 2.45) is 0 Å². The number of hydrogen-bond donors (Lipinski definition) is 0. The summed E-state index contributed by atoms with van der Waals surface area (Å²) in [6.07, 6.45) is 0. The standard InChI is InChI=1S/Al.Ba.Mg.O4Si/c;;;1-5(2,3)4/q+3;2*+2;-4. The van der Waals surface area contributed by atoms with Gasteiger partial charge < -0.3 is 28.2 Å². The third-order valence-corrected chi connectivity index (χ3v) is 0. The fourth-order valence-electron chi connectivity index (χ4n) is 0. The molecule has 0 radical (unpaired) electrons. The molecule has 0 aromatic rings. The molecule has 8 heavy (non-hydrogen) atoms. The molecular weight excluding hydrogens is 281 g/mol. The summed E-state index contributed by atoms with van der Waals surface area (Å²) in [6, 6.07) is 0. The van der Waals surface area contributed by atoms with E-state index in [-0.39, 0.29) is 89.3 Å². The second-order valence-electron chi connectivity index (χ2n) is 0.500. The Hall–Kier alpha value is 2.93. The molecule has 0 aromatic carbocycles. The monoisotopic (exact) mass is 281 g/mol. The van der Waals surface area contributed by atoms with E-state index in [1.54, 1.807) is 0 Å². The Bertz CT molecular complexity index is 31.5. The third kappa shape index (κ3) is 65.5. The Labute approximate surface area is 115 Å². The first-order chi connectivity index (χ1) is 2.00. The van der Waals surface area contributed by atoms with E-state index in [4.69, 9.17) is 19.2 Å². The topological polar surface area (TPSA) is 92.2 Å². The van der Waals surface area contributed by atoms with Gasteiger partial charge in [0, 0.05) is 0 Å². The van der Waals surface area contributed by atoms with Crippen LogP contribution in [-0.2, 0) is 0 Å². The van der Waals surface area contributed by atoms with E-state index in [1.165, 1.54) is 0 Å². The van der Waals surface area contributed by atoms with Crippen molar-refractivity contribution in [3.8, 4) is 0 Å². The molecule has 0 heterocycles. The Kier molecular flexibility index (Phi) is 27.8. The summed E-state index contributed by atoms with van der Waals surface area (Å²) in [5.74, 6) is 0. The Morgan fingerprint density at radius 3 is 0.875 bits per heavy atom. The maximum Gasteiger partial charge on any atom is 3.00 e. The van der Waals surface area contributed by atoms with Crippen LogP contribution in [0.2, 0.25) is 0 Å². The maximum atomic E-state index is 8.58. The van der Waals surface area contributed by atoms with Gasteiger partial charge in [0.05, 0.1) is 0 Å². The second-order valence-corrected chi connectivity index (χ2v) is 1.50. The van der Waals surface area contributed by atoms with Crippen molar-refractivity contribution in [1.82, 2.24) is 0 Å². The Balaban J connectivity index is -0.0000000267. The normalized spacial score (nSPS) is 7.50. The molecule has 0 bridgehead atoms. The zero-order valence-electron chi connectivity index (χ0n) is 4.12. The molecule has 0 saturated carbocycles. The van der Waals surface area contributed by atoms with Crippen LogP contribution in [0.1, 0.15) is 0 Å². The molecule has 0 spiro atoms. The van der Waals surface area contributed by atoms with Crippen LogP contribution in [0.3, 0.4) is 0 Å². The van der Waals surface area contributed by atoms with Gasteiger partial charge in [-0.2, -0.15) is 0 Å². The van der Waals surface area contributed by atoms with Crippen molar-refractivity contribution in [3.05, 3.63) is 0 Å². The van der Waals surface area contributed by atoms with E-state index in [2.05, 4.69) is 0 Å². The predicted molar refractivity (Wildman–Crippen MR) is 23.0 cm³/mol. The number of hydrogen-bond acceptors (Lipinski definition) is 4. The van der Waals surface area contributed by atoms with E-state index < -0.39 is 9.05 Å². The minimum atomic E-state index is -5.61. The smallest absolute Gasteiger partial charge is 0.894 e. The van der Waals surface area contributed by atoms with Gasteiger partial charge in [0.1, 0.15) is 0 Å². The van der Waals surface area contributed by atoms with Crippen molar-refractivity contribution in [3.63, 3.8) is 0 Å². The summed E-state index contributed by atoms with van der Waals surface area (Å²) >= 11 is 0. The number of rotatable bonds is 0. The fraction of sp³-hybridized carbons (Fsp3) is 0. The van der Waals surface area contributed by atoms with E-state index >= 15 is 0 Å². The molecule has 32 valence electrons. The van der Waals surface area contributed by atoms with Crippen LogP contribution >= 0.6 is 0 Å². The van der Waals surface area contributed by atoms with E-state index in [0.29, 0.717) is 0 Å². The van der Waals surface area contributed by atoms with Gasteiger partial charge in [0.25, 0.3) is 0 Å². The molecule has 0 fully saturated rings. The van der Waals surface area contributed by atoms with Crippen LogP contribution in [-0.4, -0.2) is 98.3 Å². The molecule has 8 heteroatoms. The van der Waals surface area contributed by atoms with Gasteiger partial charge in [-0.1, -0.05) is 0 Å². The Morgan fingerprint density at radius 2 is 0.875 bits per heavy atom. The molecule has 4 nitrogen and oxygen atoms in total. The first-order valence-electron chi connectivity index (χ1n) is 0.816. The van der Waals surface area contributed by atoms with Gasteiger partial charge >= 0.3 is 89.3 Å². The molecule has 0 rings (SSSR count). The van der Waals surface area contributed by atoms with Crippen molar-refractivity contribution < 1.29 is 19.2 Å². The largest absolute Gasteiger partial charge is 3.00 e. The van der Waals surface area contributed by atoms with Gasteiger partial charge in [-0.3, -0.25) is 0 Å². The summed E-state index contributed by atoms with van der Waals surface area (Å²) in [5.41, 5.74) is 0. The van der Waals surface area contributed by atoms with Crippen LogP contribution in [0, 0.1) is 0 Å². The molecule has 0 aliphatic carbocycles. The summed E-state index contributed by atoms with van der Waals surface area (Å²) in [6.45, 7) is 0. The molecule has 0 N–H and O–H groups in total. The summed E-state index contributed by atoms with van der Waals surface area (Å²) in [4.78, 5) is 34.3. The van der Waals surface area contributed by atoms with Crippen LogP contribution in [0.5, 0.6) is 0 Å². The molecule has 0 aliphatic rings. The molecule has 0 atom stereocenters. The fourth-order valence-corrected chi connectivity index (χ4v) is 0. The van der Waals surface area contributed by atoms with Gasteiger partial charge in [0.2, 0.25) is 0 Å². The van der Waals surface area contributed by atoms with E-state index in [9.17, 15) is 0 Å². The van der Waals surface area contributed by atoms with Crippen LogP contribution in [0.15, 0.2) is 0 Å². The minimum Gasteiger partial charge on any atom is -0.894 e. The second kappa shape index (κ2) is 9.93. The van der Waals surface area contributed by atoms with E-state index in [1.807, 2.05) is 0 Å². The average molecular weight is 281 g/mol. The van der Waals surface area contributed by atoms with Crippen LogP contribution in [0.25, 0.3) is 0 Å². The van der Waals surface area contributed by atoms with Gasteiger partial charge in [-0.25, -0.2) is 0 Å². The SMILES string of the molecule is [Al+3].[Ba+2].[Mg+2].[O-][Si]([O-])([O-])[O-]. The van der Waals surface area contributed by atoms with Crippen LogP contribution in [0.4, 0.5) is 0 Å². The summed E-state index contributed by atoms with van der Waals surface area (Å²) in [5, 5.41) is 0. The van der Waals surface area contributed by atoms with Crippen LogP contribution < -0.4 is 19.2 Å². The zero-order valence-corrected chi connectivity index (χ0v) is 12.1. The first-order valence-corrected chi connectivity index (χ1v) is 2.45. The zero-order chi connectivity index (χ0) is 4.50. The summed E-state index contributed by atoms with van der Waals surface area (Å²) in [7, 11) is -5.61. The molecule has 0 aliphatic heterocycles. The molecule has 0 amide bonds. The third-order valence-electron chi connectivity index (χ3n) is 0. The predicted octanol–water partition coefficient (Wildman–Crippen LogP) is -6.28.